The summed E-state index contributed by atoms with van der Waals surface area (Å²) < 4.78 is 28.1. The van der Waals surface area contributed by atoms with Crippen molar-refractivity contribution >= 4 is 0 Å². The molecule has 1 aromatic heterocycles. The molecule has 3 rings (SSSR count). The van der Waals surface area contributed by atoms with Gasteiger partial charge in [0.15, 0.2) is 11.6 Å². The van der Waals surface area contributed by atoms with Gasteiger partial charge >= 0.3 is 0 Å². The van der Waals surface area contributed by atoms with Gasteiger partial charge in [0.2, 0.25) is 0 Å². The Hall–Kier alpha value is -2.56. The van der Waals surface area contributed by atoms with Crippen molar-refractivity contribution in [2.24, 2.45) is 0 Å². The molecule has 23 heavy (non-hydrogen) atoms. The van der Waals surface area contributed by atoms with Gasteiger partial charge in [-0.15, -0.1) is 5.10 Å². The number of benzene rings is 2. The van der Waals surface area contributed by atoms with E-state index in [-0.39, 0.29) is 5.92 Å². The van der Waals surface area contributed by atoms with E-state index in [2.05, 4.69) is 10.3 Å². The fourth-order valence-electron chi connectivity index (χ4n) is 2.53. The minimum Gasteiger partial charge on any atom is -0.248 e. The van der Waals surface area contributed by atoms with E-state index in [1.165, 1.54) is 6.07 Å². The molecule has 0 aliphatic rings. The Morgan fingerprint density at radius 1 is 1.04 bits per heavy atom. The first-order valence-corrected chi connectivity index (χ1v) is 7.49. The number of halogens is 2. The summed E-state index contributed by atoms with van der Waals surface area (Å²) in [5, 5.41) is 8.29. The predicted molar refractivity (Wildman–Crippen MR) is 84.0 cm³/mol. The highest BCUT2D eigenvalue weighted by molar-refractivity contribution is 5.22. The lowest BCUT2D eigenvalue weighted by Gasteiger charge is -2.10. The Labute approximate surface area is 133 Å². The van der Waals surface area contributed by atoms with Crippen LogP contribution in [0.25, 0.3) is 0 Å². The first kappa shape index (κ1) is 15.3. The first-order valence-electron chi connectivity index (χ1n) is 7.49. The van der Waals surface area contributed by atoms with Crippen molar-refractivity contribution in [1.82, 2.24) is 15.0 Å². The van der Waals surface area contributed by atoms with E-state index in [0.29, 0.717) is 13.0 Å². The summed E-state index contributed by atoms with van der Waals surface area (Å²) in [5.74, 6) is -1.61. The van der Waals surface area contributed by atoms with Gasteiger partial charge < -0.3 is 0 Å². The molecule has 1 atom stereocenters. The third-order valence-corrected chi connectivity index (χ3v) is 3.80. The lowest BCUT2D eigenvalue weighted by Crippen LogP contribution is -2.01. The molecule has 0 aliphatic heterocycles. The van der Waals surface area contributed by atoms with Gasteiger partial charge in [-0.25, -0.2) is 13.5 Å². The van der Waals surface area contributed by atoms with Gasteiger partial charge in [0.25, 0.3) is 0 Å². The molecular weight excluding hydrogens is 296 g/mol. The molecule has 1 heterocycles. The van der Waals surface area contributed by atoms with Crippen molar-refractivity contribution in [3.8, 4) is 0 Å². The van der Waals surface area contributed by atoms with E-state index in [4.69, 9.17) is 0 Å². The molecule has 0 spiro atoms. The summed E-state index contributed by atoms with van der Waals surface area (Å²) >= 11 is 0. The third-order valence-electron chi connectivity index (χ3n) is 3.80. The number of nitrogens with zero attached hydrogens (tertiary/aromatic N) is 3. The molecule has 1 unspecified atom stereocenters. The lowest BCUT2D eigenvalue weighted by molar-refractivity contribution is 0.505. The average molecular weight is 313 g/mol. The van der Waals surface area contributed by atoms with Crippen LogP contribution in [0.15, 0.2) is 54.7 Å². The van der Waals surface area contributed by atoms with Gasteiger partial charge in [-0.1, -0.05) is 48.5 Å². The van der Waals surface area contributed by atoms with Crippen LogP contribution in [0.4, 0.5) is 8.78 Å². The second-order valence-electron chi connectivity index (χ2n) is 5.67. The molecule has 118 valence electrons. The first-order chi connectivity index (χ1) is 11.1. The molecule has 0 aliphatic carbocycles. The summed E-state index contributed by atoms with van der Waals surface area (Å²) in [5.41, 5.74) is 2.73. The molecule has 5 heteroatoms. The van der Waals surface area contributed by atoms with Crippen molar-refractivity contribution in [2.75, 3.05) is 0 Å². The van der Waals surface area contributed by atoms with Crippen LogP contribution in [0, 0.1) is 11.6 Å². The molecule has 0 N–H and O–H groups in total. The molecule has 3 nitrogen and oxygen atoms in total. The van der Waals surface area contributed by atoms with Crippen LogP contribution in [-0.4, -0.2) is 15.0 Å². The summed E-state index contributed by atoms with van der Waals surface area (Å²) in [6, 6.07) is 14.0. The van der Waals surface area contributed by atoms with Gasteiger partial charge in [-0.05, 0) is 35.6 Å². The molecule has 0 saturated carbocycles. The normalized spacial score (nSPS) is 12.3. The Morgan fingerprint density at radius 3 is 2.57 bits per heavy atom. The van der Waals surface area contributed by atoms with Crippen LogP contribution in [0.1, 0.15) is 29.7 Å². The van der Waals surface area contributed by atoms with E-state index < -0.39 is 11.6 Å². The molecule has 0 bridgehead atoms. The fraction of sp³-hybridized carbons (Fsp3) is 0.222. The number of hydrogen-bond donors (Lipinski definition) is 0. The highest BCUT2D eigenvalue weighted by Crippen LogP contribution is 2.21. The van der Waals surface area contributed by atoms with E-state index in [0.717, 1.165) is 22.9 Å². The highest BCUT2D eigenvalue weighted by Gasteiger charge is 2.12. The molecule has 0 radical (unpaired) electrons. The number of rotatable bonds is 5. The summed E-state index contributed by atoms with van der Waals surface area (Å²) in [6.45, 7) is 2.62. The topological polar surface area (TPSA) is 30.7 Å². The summed E-state index contributed by atoms with van der Waals surface area (Å²) in [4.78, 5) is 0. The van der Waals surface area contributed by atoms with Crippen molar-refractivity contribution < 1.29 is 8.78 Å². The molecule has 2 aromatic carbocycles. The van der Waals surface area contributed by atoms with Crippen molar-refractivity contribution in [1.29, 1.82) is 0 Å². The second kappa shape index (κ2) is 6.69. The SMILES string of the molecule is CC(Cc1cn(Cc2ccccc2)nn1)c1ccc(F)c(F)c1. The predicted octanol–water partition coefficient (Wildman–Crippen LogP) is 3.95. The maximum Gasteiger partial charge on any atom is 0.159 e. The Balaban J connectivity index is 1.67. The molecule has 3 aromatic rings. The number of hydrogen-bond acceptors (Lipinski definition) is 2. The minimum absolute atomic E-state index is 0.0342. The van der Waals surface area contributed by atoms with Crippen molar-refractivity contribution in [2.45, 2.75) is 25.8 Å². The van der Waals surface area contributed by atoms with Crippen LogP contribution in [0.3, 0.4) is 0 Å². The lowest BCUT2D eigenvalue weighted by atomic mass is 9.96. The van der Waals surface area contributed by atoms with Crippen molar-refractivity contribution in [3.63, 3.8) is 0 Å². The second-order valence-corrected chi connectivity index (χ2v) is 5.67. The van der Waals surface area contributed by atoms with E-state index in [9.17, 15) is 8.78 Å². The van der Waals surface area contributed by atoms with Crippen LogP contribution in [-0.2, 0) is 13.0 Å². The van der Waals surface area contributed by atoms with Crippen LogP contribution < -0.4 is 0 Å². The average Bonchev–Trinajstić information content (AvgIpc) is 2.98. The van der Waals surface area contributed by atoms with Gasteiger partial charge in [-0.3, -0.25) is 0 Å². The summed E-state index contributed by atoms with van der Waals surface area (Å²) in [7, 11) is 0. The standard InChI is InChI=1S/C18H17F2N3/c1-13(15-7-8-17(19)18(20)10-15)9-16-12-23(22-21-16)11-14-5-3-2-4-6-14/h2-8,10,12-13H,9,11H2,1H3. The smallest absolute Gasteiger partial charge is 0.159 e. The zero-order valence-corrected chi connectivity index (χ0v) is 12.8. The van der Waals surface area contributed by atoms with Gasteiger partial charge in [0.1, 0.15) is 0 Å². The Kier molecular flexibility index (Phi) is 4.46. The van der Waals surface area contributed by atoms with Crippen LogP contribution in [0.2, 0.25) is 0 Å². The van der Waals surface area contributed by atoms with Gasteiger partial charge in [-0.2, -0.15) is 0 Å². The molecule has 0 saturated heterocycles. The Morgan fingerprint density at radius 2 is 1.83 bits per heavy atom. The third kappa shape index (κ3) is 3.80. The minimum atomic E-state index is -0.824. The monoisotopic (exact) mass is 313 g/mol. The van der Waals surface area contributed by atoms with E-state index >= 15 is 0 Å². The van der Waals surface area contributed by atoms with Gasteiger partial charge in [0.05, 0.1) is 12.2 Å². The Bertz CT molecular complexity index is 784. The van der Waals surface area contributed by atoms with E-state index in [1.54, 1.807) is 10.7 Å². The molecular formula is C18H17F2N3. The van der Waals surface area contributed by atoms with Crippen molar-refractivity contribution in [3.05, 3.63) is 83.2 Å². The zero-order valence-electron chi connectivity index (χ0n) is 12.8. The quantitative estimate of drug-likeness (QED) is 0.714. The number of aromatic nitrogens is 3. The zero-order chi connectivity index (χ0) is 16.2. The van der Waals surface area contributed by atoms with Gasteiger partial charge in [0, 0.05) is 6.20 Å². The fourth-order valence-corrected chi connectivity index (χ4v) is 2.53. The van der Waals surface area contributed by atoms with E-state index in [1.807, 2.05) is 43.5 Å². The molecule has 0 fully saturated rings. The van der Waals surface area contributed by atoms with Crippen LogP contribution in [0.5, 0.6) is 0 Å². The summed E-state index contributed by atoms with van der Waals surface area (Å²) in [6.07, 6.45) is 2.52. The molecule has 0 amide bonds. The largest absolute Gasteiger partial charge is 0.248 e. The maximum absolute atomic E-state index is 13.3. The maximum atomic E-state index is 13.3. The van der Waals surface area contributed by atoms with Crippen LogP contribution >= 0.6 is 0 Å². The highest BCUT2D eigenvalue weighted by atomic mass is 19.2.